The minimum Gasteiger partial charge on any atom is -0.548 e. The van der Waals surface area contributed by atoms with Crippen LogP contribution in [0.5, 0.6) is 0 Å². The van der Waals surface area contributed by atoms with Crippen molar-refractivity contribution in [3.63, 3.8) is 0 Å². The van der Waals surface area contributed by atoms with Crippen molar-refractivity contribution in [1.29, 1.82) is 0 Å². The molecule has 0 aromatic heterocycles. The molecule has 110 valence electrons. The molecule has 0 saturated heterocycles. The highest BCUT2D eigenvalue weighted by Crippen LogP contribution is 2.04. The maximum atomic E-state index is 11.6. The Bertz CT molecular complexity index is 432. The molecular weight excluding hydrogens is 256 g/mol. The molecule has 5 heteroatoms. The summed E-state index contributed by atoms with van der Waals surface area (Å²) in [6, 6.07) is 8.32. The van der Waals surface area contributed by atoms with Gasteiger partial charge in [0.2, 0.25) is 0 Å². The van der Waals surface area contributed by atoms with Gasteiger partial charge in [0.15, 0.2) is 0 Å². The van der Waals surface area contributed by atoms with Crippen molar-refractivity contribution in [2.75, 3.05) is 6.54 Å². The second-order valence-corrected chi connectivity index (χ2v) is 5.14. The highest BCUT2D eigenvalue weighted by atomic mass is 16.4. The lowest BCUT2D eigenvalue weighted by molar-refractivity contribution is -0.308. The van der Waals surface area contributed by atoms with Crippen LogP contribution in [0.15, 0.2) is 30.3 Å². The molecule has 20 heavy (non-hydrogen) atoms. The Morgan fingerprint density at radius 3 is 2.40 bits per heavy atom. The molecule has 0 aliphatic heterocycles. The molecule has 0 saturated carbocycles. The number of carboxylic acid groups (broad SMARTS) is 1. The number of carbonyl (C=O) groups excluding carboxylic acids is 2. The minimum absolute atomic E-state index is 0.169. The lowest BCUT2D eigenvalue weighted by Crippen LogP contribution is -2.51. The van der Waals surface area contributed by atoms with Gasteiger partial charge in [0.25, 0.3) is 0 Å². The Hall–Kier alpha value is -2.04. The van der Waals surface area contributed by atoms with Gasteiger partial charge in [-0.2, -0.15) is 0 Å². The van der Waals surface area contributed by atoms with Gasteiger partial charge in [0.05, 0.1) is 12.0 Å². The molecule has 0 spiro atoms. The molecule has 2 amide bonds. The fourth-order valence-electron chi connectivity index (χ4n) is 1.86. The molecule has 1 aromatic rings. The number of amides is 2. The second-order valence-electron chi connectivity index (χ2n) is 5.14. The van der Waals surface area contributed by atoms with Gasteiger partial charge in [-0.15, -0.1) is 0 Å². The van der Waals surface area contributed by atoms with Crippen LogP contribution >= 0.6 is 0 Å². The Labute approximate surface area is 119 Å². The van der Waals surface area contributed by atoms with E-state index in [-0.39, 0.29) is 5.92 Å². The van der Waals surface area contributed by atoms with Crippen molar-refractivity contribution in [3.05, 3.63) is 35.9 Å². The molecule has 0 aliphatic carbocycles. The summed E-state index contributed by atoms with van der Waals surface area (Å²) < 4.78 is 0. The van der Waals surface area contributed by atoms with Crippen molar-refractivity contribution in [3.8, 4) is 0 Å². The first-order valence-corrected chi connectivity index (χ1v) is 6.78. The van der Waals surface area contributed by atoms with Crippen LogP contribution < -0.4 is 15.7 Å². The fourth-order valence-corrected chi connectivity index (χ4v) is 1.86. The monoisotopic (exact) mass is 277 g/mol. The van der Waals surface area contributed by atoms with E-state index in [4.69, 9.17) is 0 Å². The Morgan fingerprint density at radius 2 is 1.85 bits per heavy atom. The molecule has 0 fully saturated rings. The summed E-state index contributed by atoms with van der Waals surface area (Å²) in [5.41, 5.74) is 1.12. The lowest BCUT2D eigenvalue weighted by atomic mass is 10.0. The van der Waals surface area contributed by atoms with Crippen LogP contribution in [-0.2, 0) is 11.2 Å². The zero-order valence-electron chi connectivity index (χ0n) is 11.9. The van der Waals surface area contributed by atoms with Gasteiger partial charge in [-0.3, -0.25) is 0 Å². The first-order chi connectivity index (χ1) is 9.49. The predicted octanol–water partition coefficient (Wildman–Crippen LogP) is 0.693. The van der Waals surface area contributed by atoms with E-state index < -0.39 is 18.0 Å². The van der Waals surface area contributed by atoms with Crippen LogP contribution in [0.2, 0.25) is 0 Å². The Morgan fingerprint density at radius 1 is 1.20 bits per heavy atom. The van der Waals surface area contributed by atoms with E-state index in [1.54, 1.807) is 0 Å². The number of carboxylic acids is 1. The summed E-state index contributed by atoms with van der Waals surface area (Å²) in [6.45, 7) is 4.24. The number of hydrogen-bond donors (Lipinski definition) is 2. The number of aliphatic carboxylic acids is 1. The Balaban J connectivity index is 2.33. The van der Waals surface area contributed by atoms with Gasteiger partial charge in [-0.05, 0) is 24.3 Å². The number of urea groups is 1. The molecule has 1 atom stereocenters. The third-order valence-corrected chi connectivity index (χ3v) is 2.84. The van der Waals surface area contributed by atoms with Gasteiger partial charge in [-0.1, -0.05) is 44.2 Å². The van der Waals surface area contributed by atoms with E-state index in [1.165, 1.54) is 0 Å². The van der Waals surface area contributed by atoms with Crippen LogP contribution in [0.3, 0.4) is 0 Å². The van der Waals surface area contributed by atoms with Gasteiger partial charge in [0.1, 0.15) is 0 Å². The first-order valence-electron chi connectivity index (χ1n) is 6.78. The molecule has 0 bridgehead atoms. The smallest absolute Gasteiger partial charge is 0.315 e. The summed E-state index contributed by atoms with van der Waals surface area (Å²) in [5, 5.41) is 16.0. The molecule has 1 aromatic carbocycles. The maximum Gasteiger partial charge on any atom is 0.315 e. The summed E-state index contributed by atoms with van der Waals surface area (Å²) in [6.07, 6.45) is 1.06. The lowest BCUT2D eigenvalue weighted by Gasteiger charge is -2.21. The molecule has 0 radical (unpaired) electrons. The largest absolute Gasteiger partial charge is 0.548 e. The van der Waals surface area contributed by atoms with Crippen LogP contribution in [0.1, 0.15) is 25.8 Å². The van der Waals surface area contributed by atoms with Gasteiger partial charge in [-0.25, -0.2) is 4.79 Å². The number of rotatable bonds is 7. The first kappa shape index (κ1) is 16.0. The molecule has 0 heterocycles. The van der Waals surface area contributed by atoms with Crippen LogP contribution in [0.25, 0.3) is 0 Å². The molecule has 5 nitrogen and oxygen atoms in total. The summed E-state index contributed by atoms with van der Waals surface area (Å²) in [4.78, 5) is 22.5. The average Bonchev–Trinajstić information content (AvgIpc) is 2.38. The van der Waals surface area contributed by atoms with Crippen molar-refractivity contribution in [2.45, 2.75) is 32.7 Å². The molecule has 2 N–H and O–H groups in total. The van der Waals surface area contributed by atoms with Crippen LogP contribution in [0, 0.1) is 5.92 Å². The zero-order valence-corrected chi connectivity index (χ0v) is 11.9. The number of hydrogen-bond acceptors (Lipinski definition) is 3. The van der Waals surface area contributed by atoms with Crippen molar-refractivity contribution in [2.24, 2.45) is 5.92 Å². The number of benzene rings is 1. The van der Waals surface area contributed by atoms with E-state index in [2.05, 4.69) is 10.6 Å². The average molecular weight is 277 g/mol. The summed E-state index contributed by atoms with van der Waals surface area (Å²) in [5.74, 6) is -1.08. The van der Waals surface area contributed by atoms with Crippen LogP contribution in [-0.4, -0.2) is 24.6 Å². The number of carbonyl (C=O) groups is 2. The second kappa shape index (κ2) is 8.19. The SMILES string of the molecule is CC(C)C[C@H](NC(=O)NCCc1ccccc1)C(=O)[O-]. The van der Waals surface area contributed by atoms with E-state index in [9.17, 15) is 14.7 Å². The molecule has 0 aliphatic rings. The van der Waals surface area contributed by atoms with E-state index >= 15 is 0 Å². The third kappa shape index (κ3) is 6.22. The van der Waals surface area contributed by atoms with Gasteiger partial charge < -0.3 is 20.5 Å². The highest BCUT2D eigenvalue weighted by molar-refractivity contribution is 5.81. The summed E-state index contributed by atoms with van der Waals surface area (Å²) in [7, 11) is 0. The minimum atomic E-state index is -1.25. The third-order valence-electron chi connectivity index (χ3n) is 2.84. The van der Waals surface area contributed by atoms with Crippen molar-refractivity contribution < 1.29 is 14.7 Å². The molecule has 1 rings (SSSR count). The van der Waals surface area contributed by atoms with Crippen molar-refractivity contribution >= 4 is 12.0 Å². The van der Waals surface area contributed by atoms with E-state index in [1.807, 2.05) is 44.2 Å². The molecular formula is C15H21N2O3-. The van der Waals surface area contributed by atoms with Crippen LogP contribution in [0.4, 0.5) is 4.79 Å². The highest BCUT2D eigenvalue weighted by Gasteiger charge is 2.14. The zero-order chi connectivity index (χ0) is 15.0. The van der Waals surface area contributed by atoms with Gasteiger partial charge in [0, 0.05) is 6.54 Å². The summed E-state index contributed by atoms with van der Waals surface area (Å²) >= 11 is 0. The predicted molar refractivity (Wildman–Crippen MR) is 74.9 cm³/mol. The quantitative estimate of drug-likeness (QED) is 0.769. The topological polar surface area (TPSA) is 81.3 Å². The van der Waals surface area contributed by atoms with Crippen molar-refractivity contribution in [1.82, 2.24) is 10.6 Å². The Kier molecular flexibility index (Phi) is 6.56. The van der Waals surface area contributed by atoms with E-state index in [0.29, 0.717) is 19.4 Å². The number of nitrogens with one attached hydrogen (secondary N) is 2. The fraction of sp³-hybridized carbons (Fsp3) is 0.467. The molecule has 0 unspecified atom stereocenters. The standard InChI is InChI=1S/C15H22N2O3/c1-11(2)10-13(14(18)19)17-15(20)16-9-8-12-6-4-3-5-7-12/h3-7,11,13H,8-10H2,1-2H3,(H,18,19)(H2,16,17,20)/p-1/t13-/m0/s1. The maximum absolute atomic E-state index is 11.6. The van der Waals surface area contributed by atoms with E-state index in [0.717, 1.165) is 5.56 Å². The normalized spacial score (nSPS) is 11.9. The van der Waals surface area contributed by atoms with Gasteiger partial charge >= 0.3 is 6.03 Å².